The number of hydrogen-bond donors (Lipinski definition) is 1. The number of hydrogen-bond acceptors (Lipinski definition) is 4. The van der Waals surface area contributed by atoms with Crippen LogP contribution in [0.25, 0.3) is 11.1 Å². The fraction of sp³-hybridized carbons (Fsp3) is 0.476. The molecule has 2 aliphatic heterocycles. The number of fused-ring (bicyclic) bond motifs is 1. The Balaban J connectivity index is 1.43. The van der Waals surface area contributed by atoms with Gasteiger partial charge in [0.15, 0.2) is 0 Å². The van der Waals surface area contributed by atoms with Gasteiger partial charge in [-0.1, -0.05) is 18.6 Å². The smallest absolute Gasteiger partial charge is 0.243 e. The van der Waals surface area contributed by atoms with Crippen LogP contribution in [0.3, 0.4) is 0 Å². The zero-order valence-corrected chi connectivity index (χ0v) is 16.2. The molecule has 0 bridgehead atoms. The summed E-state index contributed by atoms with van der Waals surface area (Å²) in [5, 5.41) is 3.61. The van der Waals surface area contributed by atoms with E-state index < -0.39 is 10.0 Å². The number of nitrogens with one attached hydrogen (secondary N) is 1. The van der Waals surface area contributed by atoms with Crippen molar-refractivity contribution in [2.24, 2.45) is 5.92 Å². The summed E-state index contributed by atoms with van der Waals surface area (Å²) < 4.78 is 27.1. The first-order chi connectivity index (χ1) is 13.1. The number of nitrogens with zero attached hydrogens (tertiary/aromatic N) is 2. The summed E-state index contributed by atoms with van der Waals surface area (Å²) in [4.78, 5) is 4.92. The third-order valence-electron chi connectivity index (χ3n) is 6.39. The molecular weight excluding hydrogens is 358 g/mol. The topological polar surface area (TPSA) is 62.3 Å². The van der Waals surface area contributed by atoms with Crippen molar-refractivity contribution < 1.29 is 8.42 Å². The molecule has 3 aliphatic rings. The number of aromatic nitrogens is 1. The Morgan fingerprint density at radius 2 is 1.74 bits per heavy atom. The van der Waals surface area contributed by atoms with E-state index in [1.807, 2.05) is 24.4 Å². The standard InChI is InChI=1S/C21H25N3O2S/c25-27(26,24-12-1-2-13-24)17-8-6-15(7-9-17)18-10-11-22-21-19(18)14-20(23-21)16-4-3-5-16/h6-11,16,20H,1-5,12-14H2,(H,22,23). The molecule has 5 nitrogen and oxygen atoms in total. The second kappa shape index (κ2) is 6.60. The fourth-order valence-electron chi connectivity index (χ4n) is 4.55. The number of sulfonamides is 1. The van der Waals surface area contributed by atoms with Crippen LogP contribution < -0.4 is 5.32 Å². The van der Waals surface area contributed by atoms with Crippen LogP contribution in [0.2, 0.25) is 0 Å². The molecule has 0 amide bonds. The molecule has 1 saturated heterocycles. The Bertz CT molecular complexity index is 946. The minimum atomic E-state index is -3.36. The normalized spacial score (nSPS) is 23.0. The van der Waals surface area contributed by atoms with Crippen LogP contribution >= 0.6 is 0 Å². The van der Waals surface area contributed by atoms with Crippen molar-refractivity contribution in [3.05, 3.63) is 42.1 Å². The molecule has 1 aromatic heterocycles. The lowest BCUT2D eigenvalue weighted by Gasteiger charge is -2.31. The Kier molecular flexibility index (Phi) is 4.20. The zero-order valence-electron chi connectivity index (χ0n) is 15.4. The molecule has 1 atom stereocenters. The first-order valence-electron chi connectivity index (χ1n) is 9.98. The van der Waals surface area contributed by atoms with Gasteiger partial charge in [0.1, 0.15) is 5.82 Å². The summed E-state index contributed by atoms with van der Waals surface area (Å²) >= 11 is 0. The first-order valence-corrected chi connectivity index (χ1v) is 11.4. The van der Waals surface area contributed by atoms with E-state index in [9.17, 15) is 8.42 Å². The Labute approximate surface area is 160 Å². The third kappa shape index (κ3) is 2.95. The van der Waals surface area contributed by atoms with E-state index in [0.29, 0.717) is 24.0 Å². The number of anilines is 1. The summed E-state index contributed by atoms with van der Waals surface area (Å²) in [6.07, 6.45) is 8.72. The molecule has 1 unspecified atom stereocenters. The number of rotatable bonds is 4. The Morgan fingerprint density at radius 1 is 1.00 bits per heavy atom. The molecule has 1 aliphatic carbocycles. The highest BCUT2D eigenvalue weighted by Crippen LogP contribution is 2.40. The number of benzene rings is 1. The highest BCUT2D eigenvalue weighted by Gasteiger charge is 2.34. The van der Waals surface area contributed by atoms with Crippen molar-refractivity contribution in [3.63, 3.8) is 0 Å². The van der Waals surface area contributed by atoms with Gasteiger partial charge in [0.2, 0.25) is 10.0 Å². The molecule has 3 heterocycles. The third-order valence-corrected chi connectivity index (χ3v) is 8.30. The van der Waals surface area contributed by atoms with Crippen molar-refractivity contribution in [2.75, 3.05) is 18.4 Å². The van der Waals surface area contributed by atoms with Crippen molar-refractivity contribution in [3.8, 4) is 11.1 Å². The summed E-state index contributed by atoms with van der Waals surface area (Å²) in [5.74, 6) is 1.76. The van der Waals surface area contributed by atoms with Crippen molar-refractivity contribution in [2.45, 2.75) is 49.5 Å². The average molecular weight is 384 g/mol. The summed E-state index contributed by atoms with van der Waals surface area (Å²) in [5.41, 5.74) is 3.49. The SMILES string of the molecule is O=S(=O)(c1ccc(-c2ccnc3c2CC(C2CCC2)N3)cc1)N1CCCC1. The molecular formula is C21H25N3O2S. The van der Waals surface area contributed by atoms with Crippen LogP contribution in [0.1, 0.15) is 37.7 Å². The van der Waals surface area contributed by atoms with Gasteiger partial charge in [0, 0.05) is 30.9 Å². The van der Waals surface area contributed by atoms with Gasteiger partial charge in [-0.3, -0.25) is 0 Å². The predicted molar refractivity (Wildman–Crippen MR) is 106 cm³/mol. The van der Waals surface area contributed by atoms with Gasteiger partial charge in [0.05, 0.1) is 4.90 Å². The van der Waals surface area contributed by atoms with Crippen LogP contribution in [0.4, 0.5) is 5.82 Å². The Hall–Kier alpha value is -1.92. The lowest BCUT2D eigenvalue weighted by molar-refractivity contribution is 0.278. The van der Waals surface area contributed by atoms with E-state index in [0.717, 1.165) is 36.6 Å². The van der Waals surface area contributed by atoms with Crippen molar-refractivity contribution in [1.29, 1.82) is 0 Å². The summed E-state index contributed by atoms with van der Waals surface area (Å²) in [7, 11) is -3.36. The van der Waals surface area contributed by atoms with Gasteiger partial charge in [-0.25, -0.2) is 13.4 Å². The monoisotopic (exact) mass is 383 g/mol. The maximum absolute atomic E-state index is 12.7. The fourth-order valence-corrected chi connectivity index (χ4v) is 6.07. The van der Waals surface area contributed by atoms with E-state index in [1.165, 1.54) is 30.4 Å². The van der Waals surface area contributed by atoms with Crippen LogP contribution in [0.5, 0.6) is 0 Å². The molecule has 2 fully saturated rings. The highest BCUT2D eigenvalue weighted by atomic mass is 32.2. The van der Waals surface area contributed by atoms with Gasteiger partial charge in [0.25, 0.3) is 0 Å². The van der Waals surface area contributed by atoms with E-state index in [2.05, 4.69) is 10.3 Å². The second-order valence-corrected chi connectivity index (χ2v) is 9.91. The zero-order chi connectivity index (χ0) is 18.4. The quantitative estimate of drug-likeness (QED) is 0.875. The number of pyridine rings is 1. The first kappa shape index (κ1) is 17.2. The molecule has 5 rings (SSSR count). The maximum atomic E-state index is 12.7. The maximum Gasteiger partial charge on any atom is 0.243 e. The molecule has 1 saturated carbocycles. The van der Waals surface area contributed by atoms with Crippen LogP contribution in [0, 0.1) is 5.92 Å². The van der Waals surface area contributed by atoms with Gasteiger partial charge in [-0.05, 0) is 67.3 Å². The minimum absolute atomic E-state index is 0.393. The van der Waals surface area contributed by atoms with Crippen molar-refractivity contribution >= 4 is 15.8 Å². The molecule has 1 aromatic carbocycles. The molecule has 1 N–H and O–H groups in total. The van der Waals surface area contributed by atoms with E-state index in [4.69, 9.17) is 0 Å². The van der Waals surface area contributed by atoms with Gasteiger partial charge in [-0.2, -0.15) is 4.31 Å². The summed E-state index contributed by atoms with van der Waals surface area (Å²) in [6, 6.07) is 9.93. The predicted octanol–water partition coefficient (Wildman–Crippen LogP) is 3.67. The minimum Gasteiger partial charge on any atom is -0.366 e. The van der Waals surface area contributed by atoms with Gasteiger partial charge < -0.3 is 5.32 Å². The molecule has 142 valence electrons. The van der Waals surface area contributed by atoms with Crippen LogP contribution in [0.15, 0.2) is 41.4 Å². The molecule has 27 heavy (non-hydrogen) atoms. The van der Waals surface area contributed by atoms with Crippen molar-refractivity contribution in [1.82, 2.24) is 9.29 Å². The Morgan fingerprint density at radius 3 is 2.41 bits per heavy atom. The van der Waals surface area contributed by atoms with Gasteiger partial charge >= 0.3 is 0 Å². The van der Waals surface area contributed by atoms with E-state index in [-0.39, 0.29) is 0 Å². The van der Waals surface area contributed by atoms with Crippen LogP contribution in [-0.4, -0.2) is 36.8 Å². The largest absolute Gasteiger partial charge is 0.366 e. The molecule has 6 heteroatoms. The molecule has 0 radical (unpaired) electrons. The van der Waals surface area contributed by atoms with E-state index >= 15 is 0 Å². The lowest BCUT2D eigenvalue weighted by Crippen LogP contribution is -2.31. The average Bonchev–Trinajstić information content (AvgIpc) is 3.30. The van der Waals surface area contributed by atoms with Crippen LogP contribution in [-0.2, 0) is 16.4 Å². The summed E-state index contributed by atoms with van der Waals surface area (Å²) in [6.45, 7) is 1.27. The highest BCUT2D eigenvalue weighted by molar-refractivity contribution is 7.89. The lowest BCUT2D eigenvalue weighted by atomic mass is 9.78. The van der Waals surface area contributed by atoms with Gasteiger partial charge in [-0.15, -0.1) is 0 Å². The second-order valence-electron chi connectivity index (χ2n) is 7.97. The molecule has 0 spiro atoms. The van der Waals surface area contributed by atoms with E-state index in [1.54, 1.807) is 16.4 Å². The molecule has 2 aromatic rings.